The Morgan fingerprint density at radius 1 is 0.902 bits per heavy atom. The highest BCUT2D eigenvalue weighted by Crippen LogP contribution is 2.31. The number of rotatable bonds is 10. The molecule has 1 fully saturated rings. The molecule has 1 aromatic heterocycles. The molecule has 1 aliphatic heterocycles. The van der Waals surface area contributed by atoms with Gasteiger partial charge < -0.3 is 26.0 Å². The van der Waals surface area contributed by atoms with E-state index in [2.05, 4.69) is 41.9 Å². The maximum absolute atomic E-state index is 13.7. The van der Waals surface area contributed by atoms with Gasteiger partial charge in [0.25, 0.3) is 0 Å². The third-order valence-electron chi connectivity index (χ3n) is 9.27. The van der Waals surface area contributed by atoms with Gasteiger partial charge in [-0.05, 0) is 117 Å². The van der Waals surface area contributed by atoms with Gasteiger partial charge in [0.2, 0.25) is 23.5 Å². The second-order valence-electron chi connectivity index (χ2n) is 14.3. The summed E-state index contributed by atoms with van der Waals surface area (Å²) in [5.41, 5.74) is 5.54. The van der Waals surface area contributed by atoms with Crippen molar-refractivity contribution in [1.82, 2.24) is 31.3 Å². The van der Waals surface area contributed by atoms with Crippen LogP contribution in [0.5, 0.6) is 0 Å². The van der Waals surface area contributed by atoms with E-state index < -0.39 is 17.7 Å². The lowest BCUT2D eigenvalue weighted by Gasteiger charge is -2.29. The molecule has 1 saturated carbocycles. The SMILES string of the molecule is CC(C)(C)OC(=O)NCC1CCC(C(=O)NC(Cc2ccc(-c3ccc4c(c3)NC(=O)CC4)cc2)C(=O)Nc2ccc(-c3nn[nH]n3)cc2)CC1. The fourth-order valence-electron chi connectivity index (χ4n) is 6.51. The minimum Gasteiger partial charge on any atom is -0.444 e. The third kappa shape index (κ3) is 9.56. The van der Waals surface area contributed by atoms with Gasteiger partial charge in [-0.2, -0.15) is 5.21 Å². The zero-order valence-corrected chi connectivity index (χ0v) is 29.1. The molecule has 2 heterocycles. The topological polar surface area (TPSA) is 180 Å². The molecule has 0 saturated heterocycles. The smallest absolute Gasteiger partial charge is 0.407 e. The van der Waals surface area contributed by atoms with Crippen molar-refractivity contribution in [1.29, 1.82) is 0 Å². The number of aromatic nitrogens is 4. The van der Waals surface area contributed by atoms with Crippen LogP contribution in [0.1, 0.15) is 64.0 Å². The highest BCUT2D eigenvalue weighted by atomic mass is 16.6. The van der Waals surface area contributed by atoms with Crippen LogP contribution in [0.3, 0.4) is 0 Å². The maximum atomic E-state index is 13.7. The van der Waals surface area contributed by atoms with Crippen LogP contribution in [0, 0.1) is 11.8 Å². The molecule has 5 N–H and O–H groups in total. The monoisotopic (exact) mass is 692 g/mol. The normalized spacial score (nSPS) is 17.7. The molecule has 1 unspecified atom stereocenters. The van der Waals surface area contributed by atoms with Crippen LogP contribution in [0.4, 0.5) is 16.2 Å². The van der Waals surface area contributed by atoms with Crippen LogP contribution < -0.4 is 21.3 Å². The van der Waals surface area contributed by atoms with Crippen LogP contribution >= 0.6 is 0 Å². The quantitative estimate of drug-likeness (QED) is 0.146. The van der Waals surface area contributed by atoms with E-state index in [1.165, 1.54) is 0 Å². The molecule has 0 spiro atoms. The first-order valence-electron chi connectivity index (χ1n) is 17.4. The molecule has 266 valence electrons. The number of anilines is 2. The first-order valence-corrected chi connectivity index (χ1v) is 17.4. The molecular formula is C38H44N8O5. The number of carbonyl (C=O) groups is 4. The van der Waals surface area contributed by atoms with Gasteiger partial charge in [0.05, 0.1) is 0 Å². The molecular weight excluding hydrogens is 648 g/mol. The molecule has 1 aliphatic carbocycles. The number of carbonyl (C=O) groups excluding carboxylic acids is 4. The van der Waals surface area contributed by atoms with Gasteiger partial charge in [0.15, 0.2) is 0 Å². The lowest BCUT2D eigenvalue weighted by molar-refractivity contribution is -0.130. The fraction of sp³-hybridized carbons (Fsp3) is 0.395. The predicted octanol–water partition coefficient (Wildman–Crippen LogP) is 5.42. The van der Waals surface area contributed by atoms with Crippen LogP contribution in [0.2, 0.25) is 0 Å². The molecule has 13 heteroatoms. The van der Waals surface area contributed by atoms with E-state index in [0.717, 1.165) is 52.8 Å². The standard InChI is InChI=1S/C38H44N8O5/c1-38(2,3)51-37(50)39-22-24-6-10-28(11-7-24)35(48)42-32(36(49)40-30-17-14-27(15-18-30)34-43-45-46-44-34)20-23-4-8-25(9-5-23)29-13-12-26-16-19-33(47)41-31(26)21-29/h4-5,8-9,12-15,17-18,21,24,28,32H,6-7,10-11,16,19-20,22H2,1-3H3,(H,39,50)(H,40,49)(H,41,47)(H,42,48)(H,43,44,45,46). The van der Waals surface area contributed by atoms with Gasteiger partial charge >= 0.3 is 6.09 Å². The van der Waals surface area contributed by atoms with Crippen molar-refractivity contribution >= 4 is 35.2 Å². The van der Waals surface area contributed by atoms with Gasteiger partial charge in [0, 0.05) is 42.2 Å². The second-order valence-corrected chi connectivity index (χ2v) is 14.3. The van der Waals surface area contributed by atoms with Gasteiger partial charge in [0.1, 0.15) is 11.6 Å². The Hall–Kier alpha value is -5.59. The zero-order valence-electron chi connectivity index (χ0n) is 29.1. The number of hydrogen-bond acceptors (Lipinski definition) is 8. The average molecular weight is 693 g/mol. The van der Waals surface area contributed by atoms with E-state index >= 15 is 0 Å². The average Bonchev–Trinajstić information content (AvgIpc) is 3.66. The summed E-state index contributed by atoms with van der Waals surface area (Å²) in [5, 5.41) is 25.8. The highest BCUT2D eigenvalue weighted by molar-refractivity contribution is 5.98. The number of H-pyrrole nitrogens is 1. The summed E-state index contributed by atoms with van der Waals surface area (Å²) < 4.78 is 5.35. The summed E-state index contributed by atoms with van der Waals surface area (Å²) in [6, 6.07) is 20.2. The van der Waals surface area contributed by atoms with Crippen molar-refractivity contribution in [3.8, 4) is 22.5 Å². The molecule has 51 heavy (non-hydrogen) atoms. The highest BCUT2D eigenvalue weighted by Gasteiger charge is 2.30. The number of amides is 4. The van der Waals surface area contributed by atoms with Crippen LogP contribution in [0.25, 0.3) is 22.5 Å². The minimum atomic E-state index is -0.828. The number of hydrogen-bond donors (Lipinski definition) is 5. The van der Waals surface area contributed by atoms with Crippen molar-refractivity contribution in [3.63, 3.8) is 0 Å². The summed E-state index contributed by atoms with van der Waals surface area (Å²) in [4.78, 5) is 51.4. The van der Waals surface area contributed by atoms with Crippen LogP contribution in [-0.4, -0.2) is 62.6 Å². The summed E-state index contributed by atoms with van der Waals surface area (Å²) in [7, 11) is 0. The van der Waals surface area contributed by atoms with Crippen LogP contribution in [-0.2, 0) is 32.0 Å². The van der Waals surface area contributed by atoms with Gasteiger partial charge in [-0.3, -0.25) is 14.4 Å². The van der Waals surface area contributed by atoms with Crippen molar-refractivity contribution < 1.29 is 23.9 Å². The number of benzene rings is 3. The number of ether oxygens (including phenoxy) is 1. The third-order valence-corrected chi connectivity index (χ3v) is 9.27. The largest absolute Gasteiger partial charge is 0.444 e. The van der Waals surface area contributed by atoms with Gasteiger partial charge in [-0.15, -0.1) is 10.2 Å². The Labute approximate surface area is 296 Å². The number of nitrogens with zero attached hydrogens (tertiary/aromatic N) is 3. The lowest BCUT2D eigenvalue weighted by atomic mass is 9.81. The van der Waals surface area contributed by atoms with E-state index in [-0.39, 0.29) is 36.0 Å². The van der Waals surface area contributed by atoms with Crippen molar-refractivity contribution in [2.75, 3.05) is 17.2 Å². The number of fused-ring (bicyclic) bond motifs is 1. The molecule has 1 atom stereocenters. The molecule has 4 aromatic rings. The Morgan fingerprint density at radius 2 is 1.61 bits per heavy atom. The molecule has 0 bridgehead atoms. The summed E-state index contributed by atoms with van der Waals surface area (Å²) in [6.45, 7) is 5.97. The predicted molar refractivity (Wildman–Crippen MR) is 192 cm³/mol. The fourth-order valence-corrected chi connectivity index (χ4v) is 6.51. The van der Waals surface area contributed by atoms with E-state index in [1.54, 1.807) is 24.3 Å². The zero-order chi connectivity index (χ0) is 36.0. The molecule has 2 aliphatic rings. The molecule has 6 rings (SSSR count). The van der Waals surface area contributed by atoms with Gasteiger partial charge in [-0.25, -0.2) is 4.79 Å². The Kier molecular flexibility index (Phi) is 10.7. The first kappa shape index (κ1) is 35.2. The summed E-state index contributed by atoms with van der Waals surface area (Å²) >= 11 is 0. The Bertz CT molecular complexity index is 1840. The molecule has 13 nitrogen and oxygen atoms in total. The summed E-state index contributed by atoms with van der Waals surface area (Å²) in [5.74, 6) is -0.0149. The number of alkyl carbamates (subject to hydrolysis) is 1. The summed E-state index contributed by atoms with van der Waals surface area (Å²) in [6.07, 6.45) is 3.95. The van der Waals surface area contributed by atoms with Crippen molar-refractivity contribution in [3.05, 3.63) is 77.9 Å². The number of aryl methyl sites for hydroxylation is 1. The van der Waals surface area contributed by atoms with E-state index in [1.807, 2.05) is 63.2 Å². The Balaban J connectivity index is 1.11. The number of aromatic amines is 1. The van der Waals surface area contributed by atoms with E-state index in [0.29, 0.717) is 37.3 Å². The number of nitrogens with one attached hydrogen (secondary N) is 5. The minimum absolute atomic E-state index is 0.0209. The molecule has 3 aromatic carbocycles. The van der Waals surface area contributed by atoms with Crippen molar-refractivity contribution in [2.24, 2.45) is 11.8 Å². The Morgan fingerprint density at radius 3 is 2.29 bits per heavy atom. The van der Waals surface area contributed by atoms with E-state index in [4.69, 9.17) is 4.74 Å². The lowest BCUT2D eigenvalue weighted by Crippen LogP contribution is -2.48. The van der Waals surface area contributed by atoms with Gasteiger partial charge in [-0.1, -0.05) is 36.4 Å². The van der Waals surface area contributed by atoms with E-state index in [9.17, 15) is 19.2 Å². The molecule has 0 radical (unpaired) electrons. The van der Waals surface area contributed by atoms with Crippen LogP contribution in [0.15, 0.2) is 66.7 Å². The van der Waals surface area contributed by atoms with Crippen molar-refractivity contribution in [2.45, 2.75) is 77.4 Å². The maximum Gasteiger partial charge on any atom is 0.407 e. The number of tetrazole rings is 1. The molecule has 4 amide bonds. The first-order chi connectivity index (χ1) is 24.5. The second kappa shape index (κ2) is 15.5.